The van der Waals surface area contributed by atoms with Gasteiger partial charge < -0.3 is 10.3 Å². The molecule has 0 atom stereocenters. The molecule has 150 valence electrons. The second kappa shape index (κ2) is 9.37. The van der Waals surface area contributed by atoms with Gasteiger partial charge in [-0.15, -0.1) is 11.8 Å². The number of anilines is 1. The molecular formula is C21H26F2N4S. The Morgan fingerprint density at radius 3 is 2.75 bits per heavy atom. The fraction of sp³-hybridized carbons (Fsp3) is 0.429. The number of unbranched alkanes of at least 4 members (excludes halogenated alkanes) is 2. The average Bonchev–Trinajstić information content (AvgIpc) is 3.02. The van der Waals surface area contributed by atoms with Gasteiger partial charge in [0.1, 0.15) is 23.0 Å². The van der Waals surface area contributed by atoms with Crippen LogP contribution in [0.2, 0.25) is 0 Å². The predicted molar refractivity (Wildman–Crippen MR) is 112 cm³/mol. The zero-order valence-electron chi connectivity index (χ0n) is 16.3. The minimum absolute atomic E-state index is 0.481. The normalized spacial score (nSPS) is 11.4. The van der Waals surface area contributed by atoms with Crippen molar-refractivity contribution in [2.75, 3.05) is 11.5 Å². The molecule has 7 heteroatoms. The number of fused-ring (bicyclic) bond motifs is 1. The highest BCUT2D eigenvalue weighted by molar-refractivity contribution is 7.99. The number of nitrogen functional groups attached to an aromatic ring is 1. The van der Waals surface area contributed by atoms with Crippen LogP contribution >= 0.6 is 11.8 Å². The Morgan fingerprint density at radius 2 is 2.00 bits per heavy atom. The van der Waals surface area contributed by atoms with Crippen LogP contribution in [0.3, 0.4) is 0 Å². The van der Waals surface area contributed by atoms with Crippen LogP contribution in [0, 0.1) is 18.6 Å². The smallest absolute Gasteiger partial charge is 0.151 e. The molecule has 0 radical (unpaired) electrons. The van der Waals surface area contributed by atoms with E-state index in [2.05, 4.69) is 16.5 Å². The molecule has 0 saturated carbocycles. The van der Waals surface area contributed by atoms with Gasteiger partial charge in [-0.2, -0.15) is 0 Å². The van der Waals surface area contributed by atoms with Crippen molar-refractivity contribution in [3.63, 3.8) is 0 Å². The van der Waals surface area contributed by atoms with Crippen molar-refractivity contribution in [1.82, 2.24) is 14.5 Å². The first-order chi connectivity index (χ1) is 13.5. The molecule has 3 rings (SSSR count). The first-order valence-corrected chi connectivity index (χ1v) is 10.7. The van der Waals surface area contributed by atoms with Gasteiger partial charge in [-0.25, -0.2) is 18.7 Å². The fourth-order valence-corrected chi connectivity index (χ4v) is 4.27. The van der Waals surface area contributed by atoms with Gasteiger partial charge in [0.25, 0.3) is 0 Å². The summed E-state index contributed by atoms with van der Waals surface area (Å²) in [5.41, 5.74) is 8.99. The number of aryl methyl sites for hydroxylation is 3. The van der Waals surface area contributed by atoms with Crippen LogP contribution in [0.4, 0.5) is 14.6 Å². The highest BCUT2D eigenvalue weighted by Crippen LogP contribution is 2.26. The number of benzene rings is 1. The van der Waals surface area contributed by atoms with E-state index in [4.69, 9.17) is 10.7 Å². The quantitative estimate of drug-likeness (QED) is 0.377. The summed E-state index contributed by atoms with van der Waals surface area (Å²) in [5, 5.41) is 0. The summed E-state index contributed by atoms with van der Waals surface area (Å²) in [6.45, 7) is 5.06. The molecule has 0 saturated heterocycles. The van der Waals surface area contributed by atoms with Gasteiger partial charge in [0, 0.05) is 30.1 Å². The van der Waals surface area contributed by atoms with E-state index in [1.807, 2.05) is 6.92 Å². The lowest BCUT2D eigenvalue weighted by Crippen LogP contribution is -2.05. The van der Waals surface area contributed by atoms with Gasteiger partial charge >= 0.3 is 0 Å². The molecule has 0 fully saturated rings. The molecule has 2 aromatic heterocycles. The molecule has 2 heterocycles. The summed E-state index contributed by atoms with van der Waals surface area (Å²) in [6, 6.07) is 3.74. The van der Waals surface area contributed by atoms with E-state index in [9.17, 15) is 8.78 Å². The van der Waals surface area contributed by atoms with Gasteiger partial charge in [-0.1, -0.05) is 13.3 Å². The minimum Gasteiger partial charge on any atom is -0.382 e. The lowest BCUT2D eigenvalue weighted by atomic mass is 10.2. The Hall–Kier alpha value is -2.15. The second-order valence-electron chi connectivity index (χ2n) is 6.94. The van der Waals surface area contributed by atoms with E-state index in [0.717, 1.165) is 72.9 Å². The van der Waals surface area contributed by atoms with Gasteiger partial charge in [0.05, 0.1) is 5.52 Å². The van der Waals surface area contributed by atoms with Crippen molar-refractivity contribution in [2.45, 2.75) is 57.4 Å². The highest BCUT2D eigenvalue weighted by Gasteiger charge is 2.15. The third kappa shape index (κ3) is 4.63. The van der Waals surface area contributed by atoms with Crippen molar-refractivity contribution < 1.29 is 8.78 Å². The number of rotatable bonds is 9. The second-order valence-corrected chi connectivity index (χ2v) is 8.07. The molecule has 0 aliphatic heterocycles. The number of thioether (sulfide) groups is 1. The largest absolute Gasteiger partial charge is 0.382 e. The number of hydrogen-bond donors (Lipinski definition) is 1. The number of imidazole rings is 1. The van der Waals surface area contributed by atoms with Crippen molar-refractivity contribution in [1.29, 1.82) is 0 Å². The van der Waals surface area contributed by atoms with Crippen molar-refractivity contribution in [3.05, 3.63) is 47.4 Å². The standard InChI is InChI=1S/C21H26F2N4S/c1-3-7-18-26-19-20(14(2)13-25-21(19)24)27(18)10-5-4-6-11-28-17-9-8-15(22)12-16(17)23/h8-9,12-13H,3-7,10-11H2,1-2H3,(H2,24,25). The van der Waals surface area contributed by atoms with Crippen molar-refractivity contribution in [3.8, 4) is 0 Å². The minimum atomic E-state index is -0.538. The Balaban J connectivity index is 1.58. The van der Waals surface area contributed by atoms with Crippen LogP contribution in [0.1, 0.15) is 44.0 Å². The van der Waals surface area contributed by atoms with Crippen LogP contribution in [0.25, 0.3) is 11.0 Å². The summed E-state index contributed by atoms with van der Waals surface area (Å²) >= 11 is 1.44. The lowest BCUT2D eigenvalue weighted by Gasteiger charge is -2.10. The van der Waals surface area contributed by atoms with E-state index in [0.29, 0.717) is 10.7 Å². The number of halogens is 2. The summed E-state index contributed by atoms with van der Waals surface area (Å²) in [7, 11) is 0. The maximum atomic E-state index is 13.7. The Bertz CT molecular complexity index is 955. The number of nitrogens with two attached hydrogens (primary N) is 1. The van der Waals surface area contributed by atoms with E-state index in [1.165, 1.54) is 23.9 Å². The summed E-state index contributed by atoms with van der Waals surface area (Å²) in [5.74, 6) is 1.33. The predicted octanol–water partition coefficient (Wildman–Crippen LogP) is 5.52. The first kappa shape index (κ1) is 20.6. The molecule has 0 aliphatic rings. The van der Waals surface area contributed by atoms with Crippen LogP contribution in [-0.4, -0.2) is 20.3 Å². The monoisotopic (exact) mass is 404 g/mol. The molecule has 2 N–H and O–H groups in total. The first-order valence-electron chi connectivity index (χ1n) is 9.69. The maximum absolute atomic E-state index is 13.7. The number of nitrogens with zero attached hydrogens (tertiary/aromatic N) is 3. The maximum Gasteiger partial charge on any atom is 0.151 e. The molecule has 0 unspecified atom stereocenters. The number of pyridine rings is 1. The molecule has 4 nitrogen and oxygen atoms in total. The van der Waals surface area contributed by atoms with Gasteiger partial charge in [0.15, 0.2) is 5.82 Å². The molecule has 0 aliphatic carbocycles. The van der Waals surface area contributed by atoms with Crippen molar-refractivity contribution >= 4 is 28.6 Å². The molecule has 0 spiro atoms. The summed E-state index contributed by atoms with van der Waals surface area (Å²) in [4.78, 5) is 9.47. The van der Waals surface area contributed by atoms with Crippen LogP contribution < -0.4 is 5.73 Å². The molecular weight excluding hydrogens is 378 g/mol. The highest BCUT2D eigenvalue weighted by atomic mass is 32.2. The SMILES string of the molecule is CCCc1nc2c(N)ncc(C)c2n1CCCCCSc1ccc(F)cc1F. The Labute approximate surface area is 168 Å². The summed E-state index contributed by atoms with van der Waals surface area (Å²) in [6.07, 6.45) is 6.75. The lowest BCUT2D eigenvalue weighted by molar-refractivity contribution is 0.565. The molecule has 0 bridgehead atoms. The zero-order valence-corrected chi connectivity index (χ0v) is 17.2. The molecule has 28 heavy (non-hydrogen) atoms. The zero-order chi connectivity index (χ0) is 20.1. The third-order valence-electron chi connectivity index (χ3n) is 4.71. The van der Waals surface area contributed by atoms with Crippen LogP contribution in [0.5, 0.6) is 0 Å². The number of aromatic nitrogens is 3. The van der Waals surface area contributed by atoms with E-state index in [-0.39, 0.29) is 0 Å². The van der Waals surface area contributed by atoms with Crippen LogP contribution in [-0.2, 0) is 13.0 Å². The summed E-state index contributed by atoms with van der Waals surface area (Å²) < 4.78 is 28.9. The average molecular weight is 405 g/mol. The molecule has 3 aromatic rings. The van der Waals surface area contributed by atoms with Gasteiger partial charge in [-0.3, -0.25) is 0 Å². The van der Waals surface area contributed by atoms with Crippen LogP contribution in [0.15, 0.2) is 29.3 Å². The van der Waals surface area contributed by atoms with E-state index < -0.39 is 11.6 Å². The fourth-order valence-electron chi connectivity index (χ4n) is 3.34. The van der Waals surface area contributed by atoms with Gasteiger partial charge in [0.2, 0.25) is 0 Å². The van der Waals surface area contributed by atoms with E-state index in [1.54, 1.807) is 6.20 Å². The third-order valence-corrected chi connectivity index (χ3v) is 5.85. The van der Waals surface area contributed by atoms with Gasteiger partial charge in [-0.05, 0) is 49.6 Å². The molecule has 0 amide bonds. The molecule has 1 aromatic carbocycles. The topological polar surface area (TPSA) is 56.7 Å². The number of hydrogen-bond acceptors (Lipinski definition) is 4. The van der Waals surface area contributed by atoms with Crippen molar-refractivity contribution in [2.24, 2.45) is 0 Å². The Kier molecular flexibility index (Phi) is 6.88. The Morgan fingerprint density at radius 1 is 1.18 bits per heavy atom. The van der Waals surface area contributed by atoms with E-state index >= 15 is 0 Å².